The van der Waals surface area contributed by atoms with Gasteiger partial charge in [0.2, 0.25) is 0 Å². The predicted octanol–water partition coefficient (Wildman–Crippen LogP) is 8.74. The molecule has 4 nitrogen and oxygen atoms in total. The largest absolute Gasteiger partial charge is 0.507 e. The molecule has 0 radical (unpaired) electrons. The zero-order chi connectivity index (χ0) is 27.7. The van der Waals surface area contributed by atoms with Crippen LogP contribution >= 0.6 is 0 Å². The van der Waals surface area contributed by atoms with Crippen LogP contribution in [-0.2, 0) is 5.41 Å². The van der Waals surface area contributed by atoms with Crippen LogP contribution < -0.4 is 14.2 Å². The van der Waals surface area contributed by atoms with Crippen molar-refractivity contribution in [1.29, 1.82) is 0 Å². The van der Waals surface area contributed by atoms with Gasteiger partial charge in [0.15, 0.2) is 0 Å². The standard InChI is InChI=1S/C35H38O4/c1-33(2)18-34(3,4)20-35(19-33)27-11-9-8-10-23(27)32-26-15-25(22-13-12-21(37-5)14-30(22)38-6)31(39-7)16-24(26)29(36)17-28(32)35/h8-17,36H,18-20H2,1-7H3. The van der Waals surface area contributed by atoms with Crippen molar-refractivity contribution >= 4 is 10.8 Å². The van der Waals surface area contributed by atoms with E-state index in [1.807, 2.05) is 30.3 Å². The third-order valence-electron chi connectivity index (χ3n) is 8.88. The molecule has 2 aliphatic rings. The number of rotatable bonds is 4. The number of ether oxygens (including phenoxy) is 3. The van der Waals surface area contributed by atoms with Crippen molar-refractivity contribution in [3.8, 4) is 45.3 Å². The van der Waals surface area contributed by atoms with Gasteiger partial charge in [-0.25, -0.2) is 0 Å². The van der Waals surface area contributed by atoms with Gasteiger partial charge in [0.1, 0.15) is 23.0 Å². The molecule has 0 bridgehead atoms. The number of benzene rings is 4. The van der Waals surface area contributed by atoms with Crippen molar-refractivity contribution in [2.75, 3.05) is 21.3 Å². The lowest BCUT2D eigenvalue weighted by molar-refractivity contribution is 0.0645. The minimum atomic E-state index is -0.152. The monoisotopic (exact) mass is 522 g/mol. The predicted molar refractivity (Wildman–Crippen MR) is 158 cm³/mol. The molecule has 0 atom stereocenters. The second-order valence-electron chi connectivity index (χ2n) is 13.0. The van der Waals surface area contributed by atoms with E-state index in [2.05, 4.69) is 58.0 Å². The zero-order valence-electron chi connectivity index (χ0n) is 24.1. The molecule has 1 spiro atoms. The van der Waals surface area contributed by atoms with Gasteiger partial charge in [0.25, 0.3) is 0 Å². The maximum absolute atomic E-state index is 11.5. The van der Waals surface area contributed by atoms with E-state index in [9.17, 15) is 5.11 Å². The first-order valence-corrected chi connectivity index (χ1v) is 13.7. The van der Waals surface area contributed by atoms with Crippen LogP contribution in [-0.4, -0.2) is 26.4 Å². The molecule has 1 N–H and O–H groups in total. The maximum atomic E-state index is 11.5. The van der Waals surface area contributed by atoms with Crippen LogP contribution in [0.3, 0.4) is 0 Å². The highest BCUT2D eigenvalue weighted by atomic mass is 16.5. The molecule has 0 aromatic heterocycles. The van der Waals surface area contributed by atoms with Gasteiger partial charge < -0.3 is 19.3 Å². The van der Waals surface area contributed by atoms with Crippen LogP contribution in [0.4, 0.5) is 0 Å². The highest BCUT2D eigenvalue weighted by Gasteiger charge is 2.53. The van der Waals surface area contributed by atoms with Crippen molar-refractivity contribution in [2.24, 2.45) is 10.8 Å². The fraction of sp³-hybridized carbons (Fsp3) is 0.371. The molecule has 202 valence electrons. The molecule has 2 aliphatic carbocycles. The quantitative estimate of drug-likeness (QED) is 0.291. The summed E-state index contributed by atoms with van der Waals surface area (Å²) in [5.74, 6) is 2.41. The molecule has 0 heterocycles. The molecule has 4 heteroatoms. The van der Waals surface area contributed by atoms with Crippen molar-refractivity contribution in [3.05, 3.63) is 71.8 Å². The highest BCUT2D eigenvalue weighted by Crippen LogP contribution is 2.65. The summed E-state index contributed by atoms with van der Waals surface area (Å²) in [5.41, 5.74) is 7.13. The Balaban J connectivity index is 1.70. The Morgan fingerprint density at radius 1 is 0.615 bits per heavy atom. The van der Waals surface area contributed by atoms with Crippen LogP contribution in [0.2, 0.25) is 0 Å². The first kappa shape index (κ1) is 25.6. The minimum Gasteiger partial charge on any atom is -0.507 e. The van der Waals surface area contributed by atoms with E-state index in [1.165, 1.54) is 28.7 Å². The Morgan fingerprint density at radius 2 is 1.28 bits per heavy atom. The van der Waals surface area contributed by atoms with Gasteiger partial charge in [0, 0.05) is 28.0 Å². The summed E-state index contributed by atoms with van der Waals surface area (Å²) in [4.78, 5) is 0. The van der Waals surface area contributed by atoms with E-state index in [-0.39, 0.29) is 16.2 Å². The highest BCUT2D eigenvalue weighted by molar-refractivity contribution is 6.08. The SMILES string of the molecule is COc1ccc(-c2cc3c4c(cc(O)c3cc2OC)C2(CC(C)(C)CC(C)(C)C2)c2ccccc2-4)c(OC)c1. The van der Waals surface area contributed by atoms with Gasteiger partial charge in [-0.2, -0.15) is 0 Å². The Labute approximate surface area is 231 Å². The van der Waals surface area contributed by atoms with Crippen molar-refractivity contribution in [2.45, 2.75) is 52.4 Å². The number of methoxy groups -OCH3 is 3. The van der Waals surface area contributed by atoms with Crippen LogP contribution in [0.25, 0.3) is 33.0 Å². The van der Waals surface area contributed by atoms with E-state index in [4.69, 9.17) is 14.2 Å². The van der Waals surface area contributed by atoms with Crippen LogP contribution in [0.1, 0.15) is 58.1 Å². The van der Waals surface area contributed by atoms with Gasteiger partial charge >= 0.3 is 0 Å². The van der Waals surface area contributed by atoms with Crippen molar-refractivity contribution in [1.82, 2.24) is 0 Å². The number of phenols is 1. The Kier molecular flexibility index (Phi) is 5.70. The normalized spacial score (nSPS) is 18.0. The van der Waals surface area contributed by atoms with Crippen molar-refractivity contribution in [3.63, 3.8) is 0 Å². The third-order valence-corrected chi connectivity index (χ3v) is 8.88. The fourth-order valence-electron chi connectivity index (χ4n) is 8.26. The molecule has 1 fully saturated rings. The smallest absolute Gasteiger partial charge is 0.130 e. The van der Waals surface area contributed by atoms with Gasteiger partial charge in [-0.3, -0.25) is 0 Å². The van der Waals surface area contributed by atoms with Gasteiger partial charge in [-0.15, -0.1) is 0 Å². The van der Waals surface area contributed by atoms with E-state index >= 15 is 0 Å². The molecule has 4 aromatic carbocycles. The van der Waals surface area contributed by atoms with Crippen molar-refractivity contribution < 1.29 is 19.3 Å². The third kappa shape index (κ3) is 3.87. The number of fused-ring (bicyclic) bond motifs is 7. The molecule has 39 heavy (non-hydrogen) atoms. The summed E-state index contributed by atoms with van der Waals surface area (Å²) < 4.78 is 17.1. The van der Waals surface area contributed by atoms with E-state index in [1.54, 1.807) is 21.3 Å². The first-order valence-electron chi connectivity index (χ1n) is 13.7. The summed E-state index contributed by atoms with van der Waals surface area (Å²) in [5, 5.41) is 13.4. The molecule has 6 rings (SSSR count). The summed E-state index contributed by atoms with van der Waals surface area (Å²) in [6.07, 6.45) is 3.28. The summed E-state index contributed by atoms with van der Waals surface area (Å²) in [7, 11) is 4.99. The van der Waals surface area contributed by atoms with Gasteiger partial charge in [-0.1, -0.05) is 52.0 Å². The molecule has 1 saturated carbocycles. The average Bonchev–Trinajstić information content (AvgIpc) is 3.14. The fourth-order valence-corrected chi connectivity index (χ4v) is 8.26. The second kappa shape index (κ2) is 8.67. The van der Waals surface area contributed by atoms with Crippen LogP contribution in [0.5, 0.6) is 23.0 Å². The maximum Gasteiger partial charge on any atom is 0.130 e. The number of aromatic hydroxyl groups is 1. The second-order valence-corrected chi connectivity index (χ2v) is 13.0. The first-order chi connectivity index (χ1) is 18.5. The van der Waals surface area contributed by atoms with Gasteiger partial charge in [-0.05, 0) is 88.1 Å². The number of phenolic OH excluding ortho intramolecular Hbond substituents is 1. The summed E-state index contributed by atoms with van der Waals surface area (Å²) in [6, 6.07) is 20.9. The molecule has 0 saturated heterocycles. The molecule has 4 aromatic rings. The number of hydrogen-bond donors (Lipinski definition) is 1. The van der Waals surface area contributed by atoms with Crippen LogP contribution in [0.15, 0.2) is 60.7 Å². The molecule has 0 aliphatic heterocycles. The topological polar surface area (TPSA) is 47.9 Å². The van der Waals surface area contributed by atoms with E-state index < -0.39 is 0 Å². The molecular weight excluding hydrogens is 484 g/mol. The molecular formula is C35H38O4. The Bertz CT molecular complexity index is 1600. The lowest BCUT2D eigenvalue weighted by atomic mass is 9.52. The lowest BCUT2D eigenvalue weighted by Gasteiger charge is -2.51. The summed E-state index contributed by atoms with van der Waals surface area (Å²) in [6.45, 7) is 9.60. The van der Waals surface area contributed by atoms with E-state index in [0.29, 0.717) is 17.2 Å². The Hall–Kier alpha value is -3.66. The summed E-state index contributed by atoms with van der Waals surface area (Å²) >= 11 is 0. The van der Waals surface area contributed by atoms with E-state index in [0.717, 1.165) is 40.5 Å². The van der Waals surface area contributed by atoms with Crippen LogP contribution in [0, 0.1) is 10.8 Å². The molecule has 0 unspecified atom stereocenters. The molecule has 0 amide bonds. The number of hydrogen-bond acceptors (Lipinski definition) is 4. The van der Waals surface area contributed by atoms with Gasteiger partial charge in [0.05, 0.1) is 21.3 Å². The Morgan fingerprint density at radius 3 is 1.95 bits per heavy atom. The lowest BCUT2D eigenvalue weighted by Crippen LogP contribution is -2.43. The minimum absolute atomic E-state index is 0.152. The zero-order valence-corrected chi connectivity index (χ0v) is 24.1. The average molecular weight is 523 g/mol.